The van der Waals surface area contributed by atoms with Crippen LogP contribution in [-0.2, 0) is 5.88 Å². The summed E-state index contributed by atoms with van der Waals surface area (Å²) in [5.74, 6) is 2.50. The molecule has 1 N–H and O–H groups in total. The molecule has 0 aliphatic heterocycles. The standard InChI is InChI=1S/C10H14ClN3O/c11-5-9-13-14-10(15-9)12-8-4-6-1-2-7(8)3-6/h6-8H,1-5H2,(H,12,14). The van der Waals surface area contributed by atoms with E-state index < -0.39 is 0 Å². The maximum absolute atomic E-state index is 5.60. The van der Waals surface area contributed by atoms with Crippen molar-refractivity contribution in [1.29, 1.82) is 0 Å². The van der Waals surface area contributed by atoms with Crippen LogP contribution in [0, 0.1) is 11.8 Å². The molecule has 0 spiro atoms. The second kappa shape index (κ2) is 3.67. The molecule has 3 atom stereocenters. The third kappa shape index (κ3) is 1.71. The number of nitrogens with one attached hydrogen (secondary N) is 1. The molecular weight excluding hydrogens is 214 g/mol. The highest BCUT2D eigenvalue weighted by atomic mass is 35.5. The fourth-order valence-corrected chi connectivity index (χ4v) is 3.05. The van der Waals surface area contributed by atoms with Gasteiger partial charge in [0.2, 0.25) is 5.89 Å². The maximum atomic E-state index is 5.60. The number of hydrogen-bond donors (Lipinski definition) is 1. The van der Waals surface area contributed by atoms with Crippen LogP contribution in [0.4, 0.5) is 6.01 Å². The predicted octanol–water partition coefficient (Wildman–Crippen LogP) is 2.41. The minimum atomic E-state index is 0.283. The van der Waals surface area contributed by atoms with Crippen LogP contribution in [0.25, 0.3) is 0 Å². The van der Waals surface area contributed by atoms with Gasteiger partial charge in [0.15, 0.2) is 0 Å². The minimum Gasteiger partial charge on any atom is -0.407 e. The summed E-state index contributed by atoms with van der Waals surface area (Å²) >= 11 is 5.60. The molecule has 5 heteroatoms. The van der Waals surface area contributed by atoms with Crippen LogP contribution >= 0.6 is 11.6 Å². The fourth-order valence-electron chi connectivity index (χ4n) is 2.95. The van der Waals surface area contributed by atoms with Crippen molar-refractivity contribution in [3.05, 3.63) is 5.89 Å². The molecule has 2 aliphatic carbocycles. The Hall–Kier alpha value is -0.770. The topological polar surface area (TPSA) is 51.0 Å². The van der Waals surface area contributed by atoms with E-state index in [9.17, 15) is 0 Å². The zero-order valence-electron chi connectivity index (χ0n) is 8.45. The quantitative estimate of drug-likeness (QED) is 0.806. The monoisotopic (exact) mass is 227 g/mol. The Kier molecular flexibility index (Phi) is 2.31. The summed E-state index contributed by atoms with van der Waals surface area (Å²) < 4.78 is 5.34. The molecule has 2 saturated carbocycles. The molecule has 3 unspecified atom stereocenters. The molecule has 3 rings (SSSR count). The van der Waals surface area contributed by atoms with E-state index in [-0.39, 0.29) is 5.88 Å². The highest BCUT2D eigenvalue weighted by Gasteiger charge is 2.39. The predicted molar refractivity (Wildman–Crippen MR) is 56.7 cm³/mol. The Morgan fingerprint density at radius 1 is 1.33 bits per heavy atom. The Morgan fingerprint density at radius 2 is 2.27 bits per heavy atom. The van der Waals surface area contributed by atoms with Gasteiger partial charge in [0, 0.05) is 6.04 Å². The van der Waals surface area contributed by atoms with Crippen LogP contribution < -0.4 is 5.32 Å². The molecule has 0 saturated heterocycles. The van der Waals surface area contributed by atoms with Crippen LogP contribution in [0.2, 0.25) is 0 Å². The smallest absolute Gasteiger partial charge is 0.315 e. The van der Waals surface area contributed by atoms with Crippen molar-refractivity contribution >= 4 is 17.6 Å². The molecule has 15 heavy (non-hydrogen) atoms. The average molecular weight is 228 g/mol. The Bertz CT molecular complexity index is 354. The van der Waals surface area contributed by atoms with Gasteiger partial charge in [-0.25, -0.2) is 0 Å². The van der Waals surface area contributed by atoms with E-state index in [1.807, 2.05) is 0 Å². The summed E-state index contributed by atoms with van der Waals surface area (Å²) in [6, 6.07) is 1.07. The number of halogens is 1. The summed E-state index contributed by atoms with van der Waals surface area (Å²) in [6.45, 7) is 0. The van der Waals surface area contributed by atoms with Crippen LogP contribution in [0.1, 0.15) is 31.6 Å². The normalized spacial score (nSPS) is 33.5. The highest BCUT2D eigenvalue weighted by Crippen LogP contribution is 2.45. The Morgan fingerprint density at radius 3 is 2.87 bits per heavy atom. The van der Waals surface area contributed by atoms with Gasteiger partial charge in [-0.15, -0.1) is 16.7 Å². The number of fused-ring (bicyclic) bond motifs is 2. The number of anilines is 1. The van der Waals surface area contributed by atoms with Crippen LogP contribution in [0.15, 0.2) is 4.42 Å². The zero-order chi connectivity index (χ0) is 10.3. The van der Waals surface area contributed by atoms with Crippen LogP contribution in [0.3, 0.4) is 0 Å². The van der Waals surface area contributed by atoms with Gasteiger partial charge in [0.25, 0.3) is 0 Å². The summed E-state index contributed by atoms with van der Waals surface area (Å²) in [7, 11) is 0. The molecule has 1 aromatic heterocycles. The van der Waals surface area contributed by atoms with Crippen molar-refractivity contribution in [2.75, 3.05) is 5.32 Å². The van der Waals surface area contributed by atoms with Gasteiger partial charge in [-0.2, -0.15) is 0 Å². The van der Waals surface area contributed by atoms with Gasteiger partial charge in [-0.3, -0.25) is 0 Å². The van der Waals surface area contributed by atoms with Gasteiger partial charge in [0.05, 0.1) is 0 Å². The second-order valence-electron chi connectivity index (χ2n) is 4.56. The first kappa shape index (κ1) is 9.46. The number of hydrogen-bond acceptors (Lipinski definition) is 4. The lowest BCUT2D eigenvalue weighted by Gasteiger charge is -2.21. The zero-order valence-corrected chi connectivity index (χ0v) is 9.20. The third-order valence-corrected chi connectivity index (χ3v) is 3.86. The van der Waals surface area contributed by atoms with Crippen molar-refractivity contribution in [3.8, 4) is 0 Å². The first-order valence-corrected chi connectivity index (χ1v) is 6.03. The number of aromatic nitrogens is 2. The summed E-state index contributed by atoms with van der Waals surface area (Å²) in [5, 5.41) is 11.1. The SMILES string of the molecule is ClCc1nnc(NC2CC3CCC2C3)o1. The Balaban J connectivity index is 1.65. The van der Waals surface area contributed by atoms with E-state index in [4.69, 9.17) is 16.0 Å². The Labute approximate surface area is 93.4 Å². The van der Waals surface area contributed by atoms with Gasteiger partial charge in [0.1, 0.15) is 5.88 Å². The summed E-state index contributed by atoms with van der Waals surface area (Å²) in [4.78, 5) is 0. The highest BCUT2D eigenvalue weighted by molar-refractivity contribution is 6.16. The molecule has 0 amide bonds. The molecule has 1 aromatic rings. The lowest BCUT2D eigenvalue weighted by Crippen LogP contribution is -2.25. The molecule has 0 radical (unpaired) electrons. The number of rotatable bonds is 3. The van der Waals surface area contributed by atoms with E-state index in [0.717, 1.165) is 11.8 Å². The largest absolute Gasteiger partial charge is 0.407 e. The molecule has 0 aromatic carbocycles. The van der Waals surface area contributed by atoms with Crippen molar-refractivity contribution in [2.24, 2.45) is 11.8 Å². The second-order valence-corrected chi connectivity index (χ2v) is 4.83. The van der Waals surface area contributed by atoms with E-state index >= 15 is 0 Å². The van der Waals surface area contributed by atoms with Gasteiger partial charge in [-0.1, -0.05) is 11.5 Å². The summed E-state index contributed by atoms with van der Waals surface area (Å²) in [5.41, 5.74) is 0. The fraction of sp³-hybridized carbons (Fsp3) is 0.800. The number of nitrogens with zero attached hydrogens (tertiary/aromatic N) is 2. The maximum Gasteiger partial charge on any atom is 0.315 e. The van der Waals surface area contributed by atoms with Crippen molar-refractivity contribution in [3.63, 3.8) is 0 Å². The molecule has 1 heterocycles. The average Bonchev–Trinajstić information content (AvgIpc) is 2.92. The molecule has 4 nitrogen and oxygen atoms in total. The van der Waals surface area contributed by atoms with Crippen LogP contribution in [0.5, 0.6) is 0 Å². The molecule has 2 bridgehead atoms. The van der Waals surface area contributed by atoms with E-state index in [1.165, 1.54) is 25.7 Å². The molecule has 2 aliphatic rings. The van der Waals surface area contributed by atoms with E-state index in [1.54, 1.807) is 0 Å². The first-order valence-electron chi connectivity index (χ1n) is 5.50. The van der Waals surface area contributed by atoms with Gasteiger partial charge in [-0.05, 0) is 31.1 Å². The molecule has 2 fully saturated rings. The lowest BCUT2D eigenvalue weighted by molar-refractivity contribution is 0.424. The van der Waals surface area contributed by atoms with Gasteiger partial charge >= 0.3 is 6.01 Å². The van der Waals surface area contributed by atoms with E-state index in [0.29, 0.717) is 17.9 Å². The third-order valence-electron chi connectivity index (χ3n) is 3.63. The lowest BCUT2D eigenvalue weighted by atomic mass is 9.96. The van der Waals surface area contributed by atoms with Gasteiger partial charge < -0.3 is 9.73 Å². The van der Waals surface area contributed by atoms with Crippen molar-refractivity contribution in [1.82, 2.24) is 10.2 Å². The first-order chi connectivity index (χ1) is 7.35. The van der Waals surface area contributed by atoms with Crippen molar-refractivity contribution < 1.29 is 4.42 Å². The van der Waals surface area contributed by atoms with Crippen LogP contribution in [-0.4, -0.2) is 16.2 Å². The van der Waals surface area contributed by atoms with E-state index in [2.05, 4.69) is 15.5 Å². The summed E-state index contributed by atoms with van der Waals surface area (Å²) in [6.07, 6.45) is 5.37. The molecule has 82 valence electrons. The number of alkyl halides is 1. The minimum absolute atomic E-state index is 0.283. The molecular formula is C10H14ClN3O. The van der Waals surface area contributed by atoms with Crippen molar-refractivity contribution in [2.45, 2.75) is 37.6 Å².